The number of nitrogens with one attached hydrogen (secondary N) is 3. The van der Waals surface area contributed by atoms with Crippen molar-refractivity contribution in [2.75, 3.05) is 5.32 Å². The summed E-state index contributed by atoms with van der Waals surface area (Å²) in [6.07, 6.45) is 1.40. The number of rotatable bonds is 5. The second-order valence-electron chi connectivity index (χ2n) is 7.17. The molecule has 0 unspecified atom stereocenters. The minimum atomic E-state index is -1.11. The number of allylic oxidation sites excluding steroid dienone is 1. The summed E-state index contributed by atoms with van der Waals surface area (Å²) in [5, 5.41) is 29.6. The van der Waals surface area contributed by atoms with Crippen LogP contribution in [0.15, 0.2) is 35.0 Å². The van der Waals surface area contributed by atoms with E-state index in [2.05, 4.69) is 15.3 Å². The molecule has 0 radical (unpaired) electrons. The lowest BCUT2D eigenvalue weighted by Crippen LogP contribution is -2.16. The van der Waals surface area contributed by atoms with Gasteiger partial charge in [0.25, 0.3) is 0 Å². The van der Waals surface area contributed by atoms with E-state index in [9.17, 15) is 9.50 Å². The topological polar surface area (TPSA) is 106 Å². The van der Waals surface area contributed by atoms with Crippen LogP contribution in [0.25, 0.3) is 5.57 Å². The zero-order chi connectivity index (χ0) is 20.6. The Hall–Kier alpha value is -2.58. The predicted octanol–water partition coefficient (Wildman–Crippen LogP) is 4.35. The number of nitrogens with zero attached hydrogens (tertiary/aromatic N) is 2. The van der Waals surface area contributed by atoms with Gasteiger partial charge in [0.1, 0.15) is 23.0 Å². The predicted molar refractivity (Wildman–Crippen MR) is 111 cm³/mol. The molecule has 0 saturated heterocycles. The van der Waals surface area contributed by atoms with E-state index >= 15 is 0 Å². The van der Waals surface area contributed by atoms with Crippen LogP contribution in [-0.2, 0) is 12.1 Å². The molecule has 28 heavy (non-hydrogen) atoms. The maximum atomic E-state index is 14.4. The monoisotopic (exact) mass is 399 g/mol. The molecule has 0 atom stereocenters. The van der Waals surface area contributed by atoms with E-state index < -0.39 is 11.4 Å². The molecule has 146 valence electrons. The molecule has 1 aliphatic rings. The normalized spacial score (nSPS) is 15.4. The molecule has 0 spiro atoms. The molecule has 2 heterocycles. The van der Waals surface area contributed by atoms with Crippen LogP contribution in [0.3, 0.4) is 0 Å². The van der Waals surface area contributed by atoms with Crippen molar-refractivity contribution in [1.29, 1.82) is 10.8 Å². The van der Waals surface area contributed by atoms with Crippen molar-refractivity contribution in [3.8, 4) is 0 Å². The lowest BCUT2D eigenvalue weighted by atomic mass is 9.97. The number of hydrogen-bond donors (Lipinski definition) is 4. The van der Waals surface area contributed by atoms with Crippen molar-refractivity contribution in [2.24, 2.45) is 0 Å². The molecule has 6 nitrogen and oxygen atoms in total. The van der Waals surface area contributed by atoms with Crippen molar-refractivity contribution < 1.29 is 9.50 Å². The Morgan fingerprint density at radius 3 is 2.61 bits per heavy atom. The second-order valence-corrected chi connectivity index (χ2v) is 8.20. The zero-order valence-corrected chi connectivity index (χ0v) is 17.0. The molecule has 0 saturated carbocycles. The molecule has 0 amide bonds. The highest BCUT2D eigenvalue weighted by molar-refractivity contribution is 8.15. The van der Waals surface area contributed by atoms with Gasteiger partial charge in [-0.05, 0) is 44.9 Å². The fourth-order valence-corrected chi connectivity index (χ4v) is 3.85. The Morgan fingerprint density at radius 1 is 1.29 bits per heavy atom. The van der Waals surface area contributed by atoms with E-state index in [-0.39, 0.29) is 6.54 Å². The molecule has 1 aromatic carbocycles. The van der Waals surface area contributed by atoms with Crippen LogP contribution in [0.4, 0.5) is 10.2 Å². The summed E-state index contributed by atoms with van der Waals surface area (Å²) in [5.74, 6) is 0.116. The summed E-state index contributed by atoms with van der Waals surface area (Å²) < 4.78 is 14.4. The largest absolute Gasteiger partial charge is 0.386 e. The standard InChI is InChI=1S/C20H22FN5OS/c1-10(11(2)22)15-16-17(28-18(15)23)19(26-9-25-16)24-8-12-5-6-13(7-14(12)21)20(3,4)27/h5-7,9,22-23,27H,8H2,1-4H3,(H,24,25,26)/b15-10-,22-11?,23-18?. The smallest absolute Gasteiger partial charge is 0.144 e. The van der Waals surface area contributed by atoms with E-state index in [1.807, 2.05) is 0 Å². The van der Waals surface area contributed by atoms with Crippen molar-refractivity contribution in [1.82, 2.24) is 9.97 Å². The summed E-state index contributed by atoms with van der Waals surface area (Å²) in [6, 6.07) is 4.68. The van der Waals surface area contributed by atoms with Gasteiger partial charge in [0, 0.05) is 23.4 Å². The van der Waals surface area contributed by atoms with Gasteiger partial charge in [-0.1, -0.05) is 23.9 Å². The summed E-state index contributed by atoms with van der Waals surface area (Å²) in [5.41, 5.74) is 2.19. The van der Waals surface area contributed by atoms with Crippen LogP contribution < -0.4 is 5.32 Å². The van der Waals surface area contributed by atoms with E-state index in [0.29, 0.717) is 49.4 Å². The van der Waals surface area contributed by atoms with Crippen molar-refractivity contribution in [3.05, 3.63) is 52.7 Å². The van der Waals surface area contributed by atoms with E-state index in [1.54, 1.807) is 39.8 Å². The summed E-state index contributed by atoms with van der Waals surface area (Å²) >= 11 is 1.23. The number of aromatic nitrogens is 2. The fourth-order valence-electron chi connectivity index (χ4n) is 2.82. The van der Waals surface area contributed by atoms with Gasteiger partial charge >= 0.3 is 0 Å². The second kappa shape index (κ2) is 7.44. The van der Waals surface area contributed by atoms with Crippen LogP contribution in [0.1, 0.15) is 44.5 Å². The van der Waals surface area contributed by atoms with Crippen LogP contribution in [-0.4, -0.2) is 25.8 Å². The quantitative estimate of drug-likeness (QED) is 0.559. The molecule has 1 aromatic heterocycles. The van der Waals surface area contributed by atoms with Crippen LogP contribution in [0, 0.1) is 16.6 Å². The Labute approximate surface area is 167 Å². The highest BCUT2D eigenvalue weighted by Crippen LogP contribution is 2.44. The van der Waals surface area contributed by atoms with Gasteiger partial charge in [0.2, 0.25) is 0 Å². The van der Waals surface area contributed by atoms with Gasteiger partial charge in [0.15, 0.2) is 0 Å². The van der Waals surface area contributed by atoms with Crippen LogP contribution in [0.5, 0.6) is 0 Å². The highest BCUT2D eigenvalue weighted by Gasteiger charge is 2.29. The SMILES string of the molecule is CC(=N)/C(C)=C1\C(=N)Sc2c(NCc3ccc(C(C)(C)O)cc3F)ncnc21. The first kappa shape index (κ1) is 20.2. The molecule has 3 rings (SSSR count). The van der Waals surface area contributed by atoms with Crippen molar-refractivity contribution >= 4 is 33.9 Å². The molecule has 8 heteroatoms. The fraction of sp³-hybridized carbons (Fsp3) is 0.300. The minimum Gasteiger partial charge on any atom is -0.386 e. The van der Waals surface area contributed by atoms with Crippen LogP contribution >= 0.6 is 11.8 Å². The molecule has 0 bridgehead atoms. The Morgan fingerprint density at radius 2 is 2.00 bits per heavy atom. The molecule has 2 aromatic rings. The first-order chi connectivity index (χ1) is 13.1. The number of anilines is 1. The van der Waals surface area contributed by atoms with Gasteiger partial charge in [-0.25, -0.2) is 14.4 Å². The zero-order valence-electron chi connectivity index (χ0n) is 16.1. The third kappa shape index (κ3) is 3.83. The number of hydrogen-bond acceptors (Lipinski definition) is 7. The first-order valence-corrected chi connectivity index (χ1v) is 9.55. The maximum absolute atomic E-state index is 14.4. The lowest BCUT2D eigenvalue weighted by Gasteiger charge is -2.18. The van der Waals surface area contributed by atoms with Gasteiger partial charge in [-0.2, -0.15) is 0 Å². The minimum absolute atomic E-state index is 0.205. The van der Waals surface area contributed by atoms with Gasteiger partial charge < -0.3 is 15.8 Å². The van der Waals surface area contributed by atoms with Gasteiger partial charge in [-0.15, -0.1) is 0 Å². The average molecular weight is 399 g/mol. The van der Waals surface area contributed by atoms with Crippen molar-refractivity contribution in [3.63, 3.8) is 0 Å². The van der Waals surface area contributed by atoms with Gasteiger partial charge in [0.05, 0.1) is 16.2 Å². The third-order valence-corrected chi connectivity index (χ3v) is 5.61. The van der Waals surface area contributed by atoms with E-state index in [1.165, 1.54) is 24.2 Å². The van der Waals surface area contributed by atoms with E-state index in [0.717, 1.165) is 0 Å². The number of aliphatic hydroxyl groups is 1. The molecular formula is C20H22FN5OS. The Kier molecular flexibility index (Phi) is 5.36. The van der Waals surface area contributed by atoms with E-state index in [4.69, 9.17) is 10.8 Å². The molecular weight excluding hydrogens is 377 g/mol. The average Bonchev–Trinajstić information content (AvgIpc) is 2.95. The third-order valence-electron chi connectivity index (χ3n) is 4.62. The first-order valence-electron chi connectivity index (χ1n) is 8.73. The Balaban J connectivity index is 1.88. The number of benzene rings is 1. The van der Waals surface area contributed by atoms with Gasteiger partial charge in [-0.3, -0.25) is 5.41 Å². The number of thioether (sulfide) groups is 1. The highest BCUT2D eigenvalue weighted by atomic mass is 32.2. The molecule has 1 aliphatic heterocycles. The summed E-state index contributed by atoms with van der Waals surface area (Å²) in [6.45, 7) is 6.91. The summed E-state index contributed by atoms with van der Waals surface area (Å²) in [7, 11) is 0. The molecule has 0 fully saturated rings. The maximum Gasteiger partial charge on any atom is 0.144 e. The Bertz CT molecular complexity index is 1010. The van der Waals surface area contributed by atoms with Crippen molar-refractivity contribution in [2.45, 2.75) is 44.7 Å². The summed E-state index contributed by atoms with van der Waals surface area (Å²) in [4.78, 5) is 9.25. The lowest BCUT2D eigenvalue weighted by molar-refractivity contribution is 0.0782. The molecule has 4 N–H and O–H groups in total. The number of halogens is 1. The van der Waals surface area contributed by atoms with Crippen LogP contribution in [0.2, 0.25) is 0 Å². The number of fused-ring (bicyclic) bond motifs is 1. The molecule has 0 aliphatic carbocycles.